The monoisotopic (exact) mass is 341 g/mol. The summed E-state index contributed by atoms with van der Waals surface area (Å²) >= 11 is 0. The first-order valence-electron chi connectivity index (χ1n) is 9.67. The molecule has 2 aliphatic carbocycles. The van der Waals surface area contributed by atoms with Crippen LogP contribution in [0.2, 0.25) is 0 Å². The van der Waals surface area contributed by atoms with Crippen LogP contribution in [0.15, 0.2) is 24.3 Å². The molecule has 2 atom stereocenters. The Balaban J connectivity index is 1.40. The number of nitrogens with zero attached hydrogens (tertiary/aromatic N) is 1. The number of nitrogens with one attached hydrogen (secondary N) is 2. The van der Waals surface area contributed by atoms with E-state index in [1.165, 1.54) is 30.4 Å². The van der Waals surface area contributed by atoms with Gasteiger partial charge in [-0.2, -0.15) is 0 Å². The van der Waals surface area contributed by atoms with Gasteiger partial charge in [0.15, 0.2) is 0 Å². The molecule has 1 aliphatic heterocycles. The van der Waals surface area contributed by atoms with Gasteiger partial charge in [-0.1, -0.05) is 43.5 Å². The molecule has 0 spiro atoms. The summed E-state index contributed by atoms with van der Waals surface area (Å²) < 4.78 is 0. The molecule has 2 fully saturated rings. The normalized spacial score (nSPS) is 26.9. The Bertz CT molecular complexity index is 654. The summed E-state index contributed by atoms with van der Waals surface area (Å²) in [6, 6.07) is 8.23. The lowest BCUT2D eigenvalue weighted by Gasteiger charge is -2.30. The smallest absolute Gasteiger partial charge is 0.318 e. The number of urea groups is 1. The van der Waals surface area contributed by atoms with Gasteiger partial charge < -0.3 is 15.5 Å². The summed E-state index contributed by atoms with van der Waals surface area (Å²) in [5.41, 5.74) is 2.56. The highest BCUT2D eigenvalue weighted by atomic mass is 16.2. The van der Waals surface area contributed by atoms with Crippen molar-refractivity contribution in [1.29, 1.82) is 0 Å². The summed E-state index contributed by atoms with van der Waals surface area (Å²) in [7, 11) is 0. The van der Waals surface area contributed by atoms with Crippen molar-refractivity contribution in [2.24, 2.45) is 0 Å². The predicted molar refractivity (Wildman–Crippen MR) is 96.2 cm³/mol. The number of benzene rings is 1. The third kappa shape index (κ3) is 3.37. The van der Waals surface area contributed by atoms with Crippen LogP contribution in [-0.2, 0) is 11.2 Å². The van der Waals surface area contributed by atoms with Gasteiger partial charge >= 0.3 is 6.03 Å². The van der Waals surface area contributed by atoms with Gasteiger partial charge in [-0.15, -0.1) is 0 Å². The van der Waals surface area contributed by atoms with Gasteiger partial charge in [0.2, 0.25) is 5.91 Å². The van der Waals surface area contributed by atoms with E-state index in [0.29, 0.717) is 12.6 Å². The van der Waals surface area contributed by atoms with E-state index >= 15 is 0 Å². The molecule has 3 aliphatic rings. The Morgan fingerprint density at radius 1 is 1.08 bits per heavy atom. The van der Waals surface area contributed by atoms with Gasteiger partial charge in [-0.25, -0.2) is 4.79 Å². The van der Waals surface area contributed by atoms with Crippen LogP contribution in [-0.4, -0.2) is 35.5 Å². The SMILES string of the molecule is O=C(NC1CCCc2ccccc21)C1CN(C2CCCCC2)C(=O)N1. The van der Waals surface area contributed by atoms with Crippen molar-refractivity contribution in [3.8, 4) is 0 Å². The average molecular weight is 341 g/mol. The van der Waals surface area contributed by atoms with Gasteiger partial charge in [0, 0.05) is 6.04 Å². The van der Waals surface area contributed by atoms with Crippen molar-refractivity contribution in [2.75, 3.05) is 6.54 Å². The molecule has 1 aromatic carbocycles. The number of carbonyl (C=O) groups excluding carboxylic acids is 2. The largest absolute Gasteiger partial charge is 0.347 e. The lowest BCUT2D eigenvalue weighted by atomic mass is 9.87. The maximum atomic E-state index is 12.7. The van der Waals surface area contributed by atoms with E-state index in [2.05, 4.69) is 28.8 Å². The Labute approximate surface area is 149 Å². The van der Waals surface area contributed by atoms with Crippen LogP contribution in [0.1, 0.15) is 62.1 Å². The number of amides is 3. The minimum Gasteiger partial charge on any atom is -0.347 e. The van der Waals surface area contributed by atoms with E-state index in [9.17, 15) is 9.59 Å². The van der Waals surface area contributed by atoms with Crippen molar-refractivity contribution in [1.82, 2.24) is 15.5 Å². The third-order valence-corrected chi connectivity index (χ3v) is 5.96. The molecule has 0 aromatic heterocycles. The van der Waals surface area contributed by atoms with Crippen LogP contribution < -0.4 is 10.6 Å². The van der Waals surface area contributed by atoms with Crippen LogP contribution in [0.3, 0.4) is 0 Å². The predicted octanol–water partition coefficient (Wildman–Crippen LogP) is 2.91. The molecule has 0 bridgehead atoms. The minimum absolute atomic E-state index is 0.0478. The first-order chi connectivity index (χ1) is 12.2. The fraction of sp³-hybridized carbons (Fsp3) is 0.600. The summed E-state index contributed by atoms with van der Waals surface area (Å²) in [5, 5.41) is 6.07. The highest BCUT2D eigenvalue weighted by Crippen LogP contribution is 2.30. The fourth-order valence-corrected chi connectivity index (χ4v) is 4.59. The molecule has 3 amide bonds. The standard InChI is InChI=1S/C20H27N3O2/c24-19(21-17-12-6-8-14-7-4-5-11-16(14)17)18-13-23(20(25)22-18)15-9-2-1-3-10-15/h4-5,7,11,15,17-18H,1-3,6,8-10,12-13H2,(H,21,24)(H,22,25). The van der Waals surface area contributed by atoms with Crippen LogP contribution in [0.5, 0.6) is 0 Å². The second-order valence-corrected chi connectivity index (χ2v) is 7.60. The molecule has 1 saturated carbocycles. The summed E-state index contributed by atoms with van der Waals surface area (Å²) in [6.45, 7) is 0.504. The second-order valence-electron chi connectivity index (χ2n) is 7.60. The number of rotatable bonds is 3. The summed E-state index contributed by atoms with van der Waals surface area (Å²) in [4.78, 5) is 26.9. The zero-order chi connectivity index (χ0) is 17.2. The quantitative estimate of drug-likeness (QED) is 0.888. The molecule has 25 heavy (non-hydrogen) atoms. The van der Waals surface area contributed by atoms with E-state index in [0.717, 1.165) is 32.1 Å². The van der Waals surface area contributed by atoms with E-state index in [1.807, 2.05) is 11.0 Å². The molecule has 5 nitrogen and oxygen atoms in total. The van der Waals surface area contributed by atoms with Crippen LogP contribution in [0.4, 0.5) is 4.79 Å². The Morgan fingerprint density at radius 2 is 1.88 bits per heavy atom. The van der Waals surface area contributed by atoms with Gasteiger partial charge in [-0.05, 0) is 43.2 Å². The lowest BCUT2D eigenvalue weighted by Crippen LogP contribution is -2.44. The van der Waals surface area contributed by atoms with Crippen molar-refractivity contribution >= 4 is 11.9 Å². The zero-order valence-electron chi connectivity index (χ0n) is 14.7. The number of fused-ring (bicyclic) bond motifs is 1. The number of aryl methyl sites for hydroxylation is 1. The number of hydrogen-bond acceptors (Lipinski definition) is 2. The average Bonchev–Trinajstić information content (AvgIpc) is 3.05. The zero-order valence-corrected chi connectivity index (χ0v) is 14.7. The fourth-order valence-electron chi connectivity index (χ4n) is 4.59. The van der Waals surface area contributed by atoms with Crippen molar-refractivity contribution < 1.29 is 9.59 Å². The van der Waals surface area contributed by atoms with Gasteiger partial charge in [0.1, 0.15) is 6.04 Å². The first kappa shape index (κ1) is 16.4. The van der Waals surface area contributed by atoms with E-state index in [4.69, 9.17) is 0 Å². The van der Waals surface area contributed by atoms with Gasteiger partial charge in [-0.3, -0.25) is 4.79 Å². The highest BCUT2D eigenvalue weighted by molar-refractivity contribution is 5.90. The molecule has 2 unspecified atom stereocenters. The van der Waals surface area contributed by atoms with E-state index in [1.54, 1.807) is 0 Å². The van der Waals surface area contributed by atoms with Crippen LogP contribution in [0, 0.1) is 0 Å². The van der Waals surface area contributed by atoms with Gasteiger partial charge in [0.05, 0.1) is 12.6 Å². The van der Waals surface area contributed by atoms with Crippen molar-refractivity contribution in [2.45, 2.75) is 69.5 Å². The molecule has 1 heterocycles. The maximum Gasteiger partial charge on any atom is 0.318 e. The van der Waals surface area contributed by atoms with Crippen LogP contribution >= 0.6 is 0 Å². The maximum absolute atomic E-state index is 12.7. The summed E-state index contributed by atoms with van der Waals surface area (Å²) in [5.74, 6) is -0.0478. The van der Waals surface area contributed by atoms with Gasteiger partial charge in [0.25, 0.3) is 0 Å². The van der Waals surface area contributed by atoms with Crippen molar-refractivity contribution in [3.05, 3.63) is 35.4 Å². The number of hydrogen-bond donors (Lipinski definition) is 2. The van der Waals surface area contributed by atoms with Crippen molar-refractivity contribution in [3.63, 3.8) is 0 Å². The van der Waals surface area contributed by atoms with E-state index in [-0.39, 0.29) is 18.0 Å². The molecule has 1 aromatic rings. The molecular formula is C20H27N3O2. The Morgan fingerprint density at radius 3 is 2.72 bits per heavy atom. The lowest BCUT2D eigenvalue weighted by molar-refractivity contribution is -0.123. The molecule has 4 rings (SSSR count). The van der Waals surface area contributed by atoms with E-state index < -0.39 is 6.04 Å². The Hall–Kier alpha value is -2.04. The molecular weight excluding hydrogens is 314 g/mol. The second kappa shape index (κ2) is 7.06. The molecule has 134 valence electrons. The Kier molecular flexibility index (Phi) is 4.64. The molecule has 2 N–H and O–H groups in total. The molecule has 5 heteroatoms. The molecule has 0 radical (unpaired) electrons. The topological polar surface area (TPSA) is 61.4 Å². The first-order valence-corrected chi connectivity index (χ1v) is 9.67. The molecule has 1 saturated heterocycles. The van der Waals surface area contributed by atoms with Crippen LogP contribution in [0.25, 0.3) is 0 Å². The highest BCUT2D eigenvalue weighted by Gasteiger charge is 2.38. The third-order valence-electron chi connectivity index (χ3n) is 5.96. The number of carbonyl (C=O) groups is 2. The minimum atomic E-state index is -0.427. The summed E-state index contributed by atoms with van der Waals surface area (Å²) in [6.07, 6.45) is 8.90.